The monoisotopic (exact) mass is 376 g/mol. The zero-order valence-corrected chi connectivity index (χ0v) is 16.3. The molecule has 0 saturated carbocycles. The van der Waals surface area contributed by atoms with Gasteiger partial charge in [-0.1, -0.05) is 23.7 Å². The Bertz CT molecular complexity index is 752. The van der Waals surface area contributed by atoms with E-state index in [-0.39, 0.29) is 11.9 Å². The zero-order chi connectivity index (χ0) is 19.1. The lowest BCUT2D eigenvalue weighted by atomic mass is 10.1. The van der Waals surface area contributed by atoms with E-state index < -0.39 is 0 Å². The summed E-state index contributed by atoms with van der Waals surface area (Å²) in [5.41, 5.74) is 1.82. The van der Waals surface area contributed by atoms with Crippen LogP contribution in [0, 0.1) is 0 Å². The first-order valence-electron chi connectivity index (χ1n) is 8.42. The number of anilines is 1. The molecule has 0 spiro atoms. The second kappa shape index (κ2) is 9.46. The molecule has 2 aromatic carbocycles. The standard InChI is InChI=1S/C20H25ClN2O3/c1-14(20(24)22-17-7-5-6-16(21)13-17)23(2)11-10-15-8-9-18(25-3)19(12-15)26-4/h5-9,12-14H,10-11H2,1-4H3,(H,22,24). The highest BCUT2D eigenvalue weighted by Gasteiger charge is 2.18. The summed E-state index contributed by atoms with van der Waals surface area (Å²) in [6, 6.07) is 12.7. The Labute approximate surface area is 159 Å². The Morgan fingerprint density at radius 2 is 1.88 bits per heavy atom. The van der Waals surface area contributed by atoms with Crippen LogP contribution in [0.4, 0.5) is 5.69 Å². The van der Waals surface area contributed by atoms with Crippen molar-refractivity contribution >= 4 is 23.2 Å². The van der Waals surface area contributed by atoms with Crippen molar-refractivity contribution in [1.29, 1.82) is 0 Å². The van der Waals surface area contributed by atoms with Crippen LogP contribution in [-0.2, 0) is 11.2 Å². The Hall–Kier alpha value is -2.24. The number of nitrogens with one attached hydrogen (secondary N) is 1. The average Bonchev–Trinajstić information content (AvgIpc) is 2.65. The Morgan fingerprint density at radius 1 is 1.15 bits per heavy atom. The van der Waals surface area contributed by atoms with Crippen LogP contribution in [0.1, 0.15) is 12.5 Å². The predicted molar refractivity (Wildman–Crippen MR) is 105 cm³/mol. The fourth-order valence-corrected chi connectivity index (χ4v) is 2.74. The summed E-state index contributed by atoms with van der Waals surface area (Å²) in [5.74, 6) is 1.35. The fraction of sp³-hybridized carbons (Fsp3) is 0.350. The lowest BCUT2D eigenvalue weighted by Gasteiger charge is -2.24. The topological polar surface area (TPSA) is 50.8 Å². The van der Waals surface area contributed by atoms with E-state index in [9.17, 15) is 4.79 Å². The molecule has 26 heavy (non-hydrogen) atoms. The molecule has 5 nitrogen and oxygen atoms in total. The van der Waals surface area contributed by atoms with Gasteiger partial charge in [-0.3, -0.25) is 9.69 Å². The number of carbonyl (C=O) groups excluding carboxylic acids is 1. The number of ether oxygens (including phenoxy) is 2. The van der Waals surface area contributed by atoms with Gasteiger partial charge < -0.3 is 14.8 Å². The van der Waals surface area contributed by atoms with E-state index in [4.69, 9.17) is 21.1 Å². The van der Waals surface area contributed by atoms with Crippen molar-refractivity contribution in [2.45, 2.75) is 19.4 Å². The van der Waals surface area contributed by atoms with Crippen LogP contribution in [0.25, 0.3) is 0 Å². The summed E-state index contributed by atoms with van der Waals surface area (Å²) in [6.45, 7) is 2.62. The van der Waals surface area contributed by atoms with Gasteiger partial charge in [0.1, 0.15) is 0 Å². The Morgan fingerprint density at radius 3 is 2.54 bits per heavy atom. The number of hydrogen-bond acceptors (Lipinski definition) is 4. The molecule has 0 fully saturated rings. The molecule has 140 valence electrons. The average molecular weight is 377 g/mol. The van der Waals surface area contributed by atoms with Crippen molar-refractivity contribution in [1.82, 2.24) is 4.90 Å². The van der Waals surface area contributed by atoms with Gasteiger partial charge in [-0.15, -0.1) is 0 Å². The molecule has 0 aliphatic heterocycles. The van der Waals surface area contributed by atoms with Crippen molar-refractivity contribution in [2.24, 2.45) is 0 Å². The van der Waals surface area contributed by atoms with Crippen LogP contribution in [0.5, 0.6) is 11.5 Å². The number of rotatable bonds is 8. The first kappa shape index (κ1) is 20.1. The molecule has 0 bridgehead atoms. The third kappa shape index (κ3) is 5.38. The third-order valence-corrected chi connectivity index (χ3v) is 4.57. The van der Waals surface area contributed by atoms with Gasteiger partial charge in [0.2, 0.25) is 5.91 Å². The summed E-state index contributed by atoms with van der Waals surface area (Å²) in [6.07, 6.45) is 0.797. The van der Waals surface area contributed by atoms with E-state index >= 15 is 0 Å². The minimum atomic E-state index is -0.269. The highest BCUT2D eigenvalue weighted by molar-refractivity contribution is 6.30. The van der Waals surface area contributed by atoms with E-state index in [1.165, 1.54) is 0 Å². The minimum absolute atomic E-state index is 0.0675. The van der Waals surface area contributed by atoms with Crippen LogP contribution < -0.4 is 14.8 Å². The highest BCUT2D eigenvalue weighted by Crippen LogP contribution is 2.27. The summed E-state index contributed by atoms with van der Waals surface area (Å²) in [4.78, 5) is 14.4. The Kier molecular flexibility index (Phi) is 7.30. The van der Waals surface area contributed by atoms with Crippen LogP contribution >= 0.6 is 11.6 Å². The van der Waals surface area contributed by atoms with Crippen molar-refractivity contribution in [3.8, 4) is 11.5 Å². The maximum absolute atomic E-state index is 12.4. The molecule has 0 aromatic heterocycles. The molecule has 0 saturated heterocycles. The van der Waals surface area contributed by atoms with Gasteiger partial charge in [0.25, 0.3) is 0 Å². The third-order valence-electron chi connectivity index (χ3n) is 4.33. The molecule has 1 N–H and O–H groups in total. The van der Waals surface area contributed by atoms with Crippen molar-refractivity contribution < 1.29 is 14.3 Å². The van der Waals surface area contributed by atoms with Crippen molar-refractivity contribution in [3.05, 3.63) is 53.1 Å². The molecule has 6 heteroatoms. The Balaban J connectivity index is 1.92. The first-order chi connectivity index (χ1) is 12.4. The van der Waals surface area contributed by atoms with E-state index in [0.717, 1.165) is 18.5 Å². The van der Waals surface area contributed by atoms with E-state index in [1.807, 2.05) is 49.2 Å². The second-order valence-electron chi connectivity index (χ2n) is 6.10. The SMILES string of the molecule is COc1ccc(CCN(C)C(C)C(=O)Nc2cccc(Cl)c2)cc1OC. The minimum Gasteiger partial charge on any atom is -0.493 e. The van der Waals surface area contributed by atoms with E-state index in [2.05, 4.69) is 5.32 Å². The number of nitrogens with zero attached hydrogens (tertiary/aromatic N) is 1. The number of carbonyl (C=O) groups is 1. The maximum atomic E-state index is 12.4. The number of likely N-dealkylation sites (N-methyl/N-ethyl adjacent to an activating group) is 1. The highest BCUT2D eigenvalue weighted by atomic mass is 35.5. The zero-order valence-electron chi connectivity index (χ0n) is 15.6. The molecular formula is C20H25ClN2O3. The number of methoxy groups -OCH3 is 2. The molecule has 0 aliphatic carbocycles. The summed E-state index contributed by atoms with van der Waals surface area (Å²) >= 11 is 5.95. The molecule has 1 unspecified atom stereocenters. The maximum Gasteiger partial charge on any atom is 0.241 e. The van der Waals surface area contributed by atoms with Gasteiger partial charge in [-0.25, -0.2) is 0 Å². The molecule has 1 amide bonds. The molecule has 2 rings (SSSR count). The van der Waals surface area contributed by atoms with Gasteiger partial charge in [-0.05, 0) is 56.3 Å². The number of hydrogen-bond donors (Lipinski definition) is 1. The summed E-state index contributed by atoms with van der Waals surface area (Å²) in [7, 11) is 5.17. The second-order valence-corrected chi connectivity index (χ2v) is 6.53. The number of halogens is 1. The molecule has 0 radical (unpaired) electrons. The first-order valence-corrected chi connectivity index (χ1v) is 8.80. The van der Waals surface area contributed by atoms with Crippen LogP contribution in [0.3, 0.4) is 0 Å². The van der Waals surface area contributed by atoms with Crippen LogP contribution in [0.15, 0.2) is 42.5 Å². The number of benzene rings is 2. The molecule has 0 aliphatic rings. The molecule has 1 atom stereocenters. The van der Waals surface area contributed by atoms with Gasteiger partial charge in [0.05, 0.1) is 20.3 Å². The quantitative estimate of drug-likeness (QED) is 0.760. The van der Waals surface area contributed by atoms with E-state index in [1.54, 1.807) is 26.4 Å². The summed E-state index contributed by atoms with van der Waals surface area (Å²) in [5, 5.41) is 3.49. The lowest BCUT2D eigenvalue weighted by molar-refractivity contribution is -0.120. The van der Waals surface area contributed by atoms with Gasteiger partial charge in [0.15, 0.2) is 11.5 Å². The lowest BCUT2D eigenvalue weighted by Crippen LogP contribution is -2.40. The van der Waals surface area contributed by atoms with Crippen LogP contribution in [0.2, 0.25) is 5.02 Å². The van der Waals surface area contributed by atoms with Crippen molar-refractivity contribution in [3.63, 3.8) is 0 Å². The fourth-order valence-electron chi connectivity index (χ4n) is 2.55. The number of amides is 1. The summed E-state index contributed by atoms with van der Waals surface area (Å²) < 4.78 is 10.6. The largest absolute Gasteiger partial charge is 0.493 e. The van der Waals surface area contributed by atoms with Gasteiger partial charge in [0, 0.05) is 17.3 Å². The smallest absolute Gasteiger partial charge is 0.241 e. The van der Waals surface area contributed by atoms with Crippen LogP contribution in [-0.4, -0.2) is 44.7 Å². The van der Waals surface area contributed by atoms with Gasteiger partial charge in [-0.2, -0.15) is 0 Å². The van der Waals surface area contributed by atoms with Crippen molar-refractivity contribution in [2.75, 3.05) is 33.1 Å². The predicted octanol–water partition coefficient (Wildman–Crippen LogP) is 3.86. The van der Waals surface area contributed by atoms with Gasteiger partial charge >= 0.3 is 0 Å². The normalized spacial score (nSPS) is 11.9. The molecule has 2 aromatic rings. The molecule has 0 heterocycles. The molecular weight excluding hydrogens is 352 g/mol. The van der Waals surface area contributed by atoms with E-state index in [0.29, 0.717) is 22.2 Å².